The van der Waals surface area contributed by atoms with E-state index in [1.165, 1.54) is 10.5 Å². The summed E-state index contributed by atoms with van der Waals surface area (Å²) < 4.78 is 11.4. The fourth-order valence-electron chi connectivity index (χ4n) is 2.56. The van der Waals surface area contributed by atoms with Gasteiger partial charge in [0.25, 0.3) is 0 Å². The molecule has 0 amide bonds. The highest BCUT2D eigenvalue weighted by molar-refractivity contribution is 8.03. The average Bonchev–Trinajstić information content (AvgIpc) is 2.96. The van der Waals surface area contributed by atoms with Gasteiger partial charge in [0.1, 0.15) is 5.69 Å². The molecule has 1 aliphatic carbocycles. The van der Waals surface area contributed by atoms with Crippen LogP contribution in [0.25, 0.3) is 5.57 Å². The largest absolute Gasteiger partial charge is 0.433 e. The quantitative estimate of drug-likeness (QED) is 0.415. The molecular formula is C21H29N3O2S. The first kappa shape index (κ1) is 21.3. The molecule has 0 radical (unpaired) electrons. The summed E-state index contributed by atoms with van der Waals surface area (Å²) >= 11 is 1.63. The minimum Gasteiger partial charge on any atom is -0.433 e. The maximum Gasteiger partial charge on any atom is 0.199 e. The molecule has 2 rings (SSSR count). The van der Waals surface area contributed by atoms with Crippen molar-refractivity contribution in [1.29, 1.82) is 0 Å². The van der Waals surface area contributed by atoms with E-state index in [1.54, 1.807) is 25.1 Å². The van der Waals surface area contributed by atoms with Crippen molar-refractivity contribution in [3.63, 3.8) is 0 Å². The van der Waals surface area contributed by atoms with Gasteiger partial charge >= 0.3 is 0 Å². The molecule has 1 aliphatic rings. The van der Waals surface area contributed by atoms with E-state index in [2.05, 4.69) is 55.4 Å². The highest BCUT2D eigenvalue weighted by Gasteiger charge is 2.20. The van der Waals surface area contributed by atoms with Crippen molar-refractivity contribution in [2.24, 2.45) is 5.10 Å². The van der Waals surface area contributed by atoms with Crippen LogP contribution in [0.5, 0.6) is 0 Å². The van der Waals surface area contributed by atoms with Crippen LogP contribution >= 0.6 is 11.8 Å². The number of rotatable bonds is 10. The van der Waals surface area contributed by atoms with E-state index >= 15 is 0 Å². The smallest absolute Gasteiger partial charge is 0.199 e. The third-order valence-electron chi connectivity index (χ3n) is 4.30. The molecule has 146 valence electrons. The van der Waals surface area contributed by atoms with E-state index in [4.69, 9.17) is 14.1 Å². The Balaban J connectivity index is 2.30. The molecule has 0 spiro atoms. The maximum absolute atomic E-state index is 6.17. The van der Waals surface area contributed by atoms with E-state index in [1.807, 2.05) is 6.92 Å². The molecule has 0 aliphatic heterocycles. The first-order chi connectivity index (χ1) is 13.1. The van der Waals surface area contributed by atoms with Gasteiger partial charge in [-0.05, 0) is 42.2 Å². The lowest BCUT2D eigenvalue weighted by Crippen LogP contribution is -1.99. The third-order valence-corrected chi connectivity index (χ3v) is 5.33. The van der Waals surface area contributed by atoms with Crippen molar-refractivity contribution in [3.8, 4) is 0 Å². The SMILES string of the molecule is C=NN/C=C(\C)c1nc(C(C)CCOC)oc1SC1=CC=C(CC)C=CC1. The lowest BCUT2D eigenvalue weighted by molar-refractivity contribution is 0.184. The summed E-state index contributed by atoms with van der Waals surface area (Å²) in [5.74, 6) is 0.921. The van der Waals surface area contributed by atoms with Crippen LogP contribution in [0.1, 0.15) is 57.5 Å². The summed E-state index contributed by atoms with van der Waals surface area (Å²) in [4.78, 5) is 5.99. The molecule has 5 nitrogen and oxygen atoms in total. The fourth-order valence-corrected chi connectivity index (χ4v) is 3.54. The van der Waals surface area contributed by atoms with Crippen LogP contribution in [0.15, 0.2) is 55.6 Å². The number of hydrogen-bond acceptors (Lipinski definition) is 6. The Kier molecular flexibility index (Phi) is 8.61. The summed E-state index contributed by atoms with van der Waals surface area (Å²) in [5, 5.41) is 4.48. The summed E-state index contributed by atoms with van der Waals surface area (Å²) in [5.41, 5.74) is 5.90. The molecule has 1 aromatic heterocycles. The van der Waals surface area contributed by atoms with E-state index in [0.29, 0.717) is 6.61 Å². The fraction of sp³-hybridized carbons (Fsp3) is 0.429. The molecule has 1 atom stereocenters. The highest BCUT2D eigenvalue weighted by atomic mass is 32.2. The Labute approximate surface area is 166 Å². The molecule has 0 saturated heterocycles. The average molecular weight is 388 g/mol. The van der Waals surface area contributed by atoms with Gasteiger partial charge in [-0.3, -0.25) is 5.43 Å². The van der Waals surface area contributed by atoms with E-state index < -0.39 is 0 Å². The number of allylic oxidation sites excluding steroid dienone is 7. The van der Waals surface area contributed by atoms with Crippen molar-refractivity contribution in [2.45, 2.75) is 51.0 Å². The number of oxazole rings is 1. The number of methoxy groups -OCH3 is 1. The predicted molar refractivity (Wildman–Crippen MR) is 114 cm³/mol. The van der Waals surface area contributed by atoms with Crippen molar-refractivity contribution in [3.05, 3.63) is 52.6 Å². The number of thioether (sulfide) groups is 1. The summed E-state index contributed by atoms with van der Waals surface area (Å²) in [6.45, 7) is 10.4. The molecular weight excluding hydrogens is 358 g/mol. The van der Waals surface area contributed by atoms with Gasteiger partial charge in [-0.15, -0.1) is 0 Å². The second-order valence-corrected chi connectivity index (χ2v) is 7.52. The van der Waals surface area contributed by atoms with E-state index in [-0.39, 0.29) is 5.92 Å². The Bertz CT molecular complexity index is 759. The molecule has 1 unspecified atom stereocenters. The van der Waals surface area contributed by atoms with Crippen LogP contribution in [-0.4, -0.2) is 25.4 Å². The summed E-state index contributed by atoms with van der Waals surface area (Å²) in [6.07, 6.45) is 13.3. The molecule has 0 saturated carbocycles. The number of aromatic nitrogens is 1. The number of nitrogens with one attached hydrogen (secondary N) is 1. The van der Waals surface area contributed by atoms with Crippen molar-refractivity contribution >= 4 is 24.1 Å². The number of hydrogen-bond donors (Lipinski definition) is 1. The van der Waals surface area contributed by atoms with E-state index in [0.717, 1.165) is 41.5 Å². The molecule has 1 aromatic rings. The molecule has 0 aromatic carbocycles. The second kappa shape index (κ2) is 10.9. The summed E-state index contributed by atoms with van der Waals surface area (Å²) in [6, 6.07) is 0. The zero-order valence-electron chi connectivity index (χ0n) is 16.6. The van der Waals surface area contributed by atoms with Crippen LogP contribution in [0, 0.1) is 0 Å². The Morgan fingerprint density at radius 2 is 2.33 bits per heavy atom. The monoisotopic (exact) mass is 387 g/mol. The first-order valence-corrected chi connectivity index (χ1v) is 10.0. The van der Waals surface area contributed by atoms with Crippen LogP contribution in [-0.2, 0) is 4.74 Å². The lowest BCUT2D eigenvalue weighted by Gasteiger charge is -2.05. The minimum atomic E-state index is 0.186. The molecule has 0 fully saturated rings. The first-order valence-electron chi connectivity index (χ1n) is 9.21. The lowest BCUT2D eigenvalue weighted by atomic mass is 10.1. The van der Waals surface area contributed by atoms with Gasteiger partial charge in [-0.1, -0.05) is 49.9 Å². The predicted octanol–water partition coefficient (Wildman–Crippen LogP) is 5.65. The molecule has 1 N–H and O–H groups in total. The van der Waals surface area contributed by atoms with Gasteiger partial charge < -0.3 is 9.15 Å². The van der Waals surface area contributed by atoms with Crippen LogP contribution in [0.4, 0.5) is 0 Å². The van der Waals surface area contributed by atoms with Crippen LogP contribution in [0.2, 0.25) is 0 Å². The second-order valence-electron chi connectivity index (χ2n) is 6.42. The van der Waals surface area contributed by atoms with Gasteiger partial charge in [0.05, 0.1) is 0 Å². The zero-order valence-corrected chi connectivity index (χ0v) is 17.4. The van der Waals surface area contributed by atoms with Crippen LogP contribution in [0.3, 0.4) is 0 Å². The van der Waals surface area contributed by atoms with Crippen LogP contribution < -0.4 is 5.43 Å². The molecule has 1 heterocycles. The zero-order chi connectivity index (χ0) is 19.6. The van der Waals surface area contributed by atoms with Crippen molar-refractivity contribution in [1.82, 2.24) is 10.4 Å². The van der Waals surface area contributed by atoms with Gasteiger partial charge in [-0.25, -0.2) is 4.98 Å². The van der Waals surface area contributed by atoms with Gasteiger partial charge in [0.2, 0.25) is 0 Å². The normalized spacial score (nSPS) is 15.8. The Morgan fingerprint density at radius 1 is 1.52 bits per heavy atom. The third kappa shape index (κ3) is 6.26. The van der Waals surface area contributed by atoms with Crippen molar-refractivity contribution < 1.29 is 9.15 Å². The standard InChI is InChI=1S/C21H29N3O2S/c1-6-17-8-7-9-18(11-10-17)27-21-19(16(3)14-23-22-4)24-20(26-21)15(2)12-13-25-5/h7-8,10-11,14-15,23H,4,6,9,12-13H2,1-3,5H3/b16-14+. The molecule has 6 heteroatoms. The molecule has 27 heavy (non-hydrogen) atoms. The number of nitrogens with zero attached hydrogens (tertiary/aromatic N) is 2. The Hall–Kier alpha value is -2.05. The highest BCUT2D eigenvalue weighted by Crippen LogP contribution is 2.38. The Morgan fingerprint density at radius 3 is 3.04 bits per heavy atom. The van der Waals surface area contributed by atoms with Gasteiger partial charge in [0, 0.05) is 32.6 Å². The minimum absolute atomic E-state index is 0.186. The topological polar surface area (TPSA) is 59.7 Å². The number of ether oxygens (including phenoxy) is 1. The van der Waals surface area contributed by atoms with Crippen molar-refractivity contribution in [2.75, 3.05) is 13.7 Å². The number of hydrazone groups is 1. The molecule has 0 bridgehead atoms. The van der Waals surface area contributed by atoms with Gasteiger partial charge in [-0.2, -0.15) is 5.10 Å². The van der Waals surface area contributed by atoms with E-state index in [9.17, 15) is 0 Å². The maximum atomic E-state index is 6.17. The van der Waals surface area contributed by atoms with Gasteiger partial charge in [0.15, 0.2) is 11.0 Å². The summed E-state index contributed by atoms with van der Waals surface area (Å²) in [7, 11) is 1.71.